The van der Waals surface area contributed by atoms with E-state index in [9.17, 15) is 9.90 Å². The molecule has 1 amide bonds. The summed E-state index contributed by atoms with van der Waals surface area (Å²) in [4.78, 5) is 14.3. The first-order chi connectivity index (χ1) is 10.2. The maximum atomic E-state index is 12.6. The quantitative estimate of drug-likeness (QED) is 0.921. The third kappa shape index (κ3) is 2.57. The molecule has 21 heavy (non-hydrogen) atoms. The zero-order chi connectivity index (χ0) is 14.8. The maximum absolute atomic E-state index is 12.6. The van der Waals surface area contributed by atoms with Gasteiger partial charge < -0.3 is 14.7 Å². The summed E-state index contributed by atoms with van der Waals surface area (Å²) in [5.41, 5.74) is 2.78. The van der Waals surface area contributed by atoms with Crippen molar-refractivity contribution in [2.24, 2.45) is 0 Å². The number of fused-ring (bicyclic) bond motifs is 1. The molecule has 0 atom stereocenters. The van der Waals surface area contributed by atoms with Crippen molar-refractivity contribution < 1.29 is 14.6 Å². The molecule has 4 heteroatoms. The van der Waals surface area contributed by atoms with Gasteiger partial charge in [0, 0.05) is 19.2 Å². The van der Waals surface area contributed by atoms with Crippen molar-refractivity contribution in [2.75, 3.05) is 13.7 Å². The summed E-state index contributed by atoms with van der Waals surface area (Å²) in [7, 11) is 1.53. The second-order valence-electron chi connectivity index (χ2n) is 5.13. The number of benzene rings is 2. The van der Waals surface area contributed by atoms with Crippen LogP contribution in [0.4, 0.5) is 0 Å². The van der Waals surface area contributed by atoms with Gasteiger partial charge in [-0.05, 0) is 29.7 Å². The van der Waals surface area contributed by atoms with E-state index in [1.807, 2.05) is 18.2 Å². The molecule has 2 aromatic rings. The molecule has 1 N–H and O–H groups in total. The maximum Gasteiger partial charge on any atom is 0.257 e. The predicted molar refractivity (Wildman–Crippen MR) is 79.5 cm³/mol. The number of aromatic hydroxyl groups is 1. The normalized spacial score (nSPS) is 13.7. The first kappa shape index (κ1) is 13.5. The molecule has 0 bridgehead atoms. The van der Waals surface area contributed by atoms with Crippen LogP contribution in [0.5, 0.6) is 11.5 Å². The second kappa shape index (κ2) is 5.48. The number of amides is 1. The van der Waals surface area contributed by atoms with Crippen molar-refractivity contribution in [3.8, 4) is 11.5 Å². The number of carbonyl (C=O) groups is 1. The third-order valence-electron chi connectivity index (χ3n) is 3.85. The van der Waals surface area contributed by atoms with Crippen molar-refractivity contribution in [3.05, 3.63) is 59.2 Å². The van der Waals surface area contributed by atoms with Gasteiger partial charge in [0.2, 0.25) is 0 Å². The molecule has 1 aliphatic heterocycles. The van der Waals surface area contributed by atoms with Crippen LogP contribution in [0.25, 0.3) is 0 Å². The van der Waals surface area contributed by atoms with E-state index in [1.54, 1.807) is 17.0 Å². The summed E-state index contributed by atoms with van der Waals surface area (Å²) in [6.45, 7) is 1.25. The average Bonchev–Trinajstić information content (AvgIpc) is 2.53. The molecule has 0 saturated heterocycles. The lowest BCUT2D eigenvalue weighted by Gasteiger charge is -2.29. The van der Waals surface area contributed by atoms with Crippen LogP contribution in [0, 0.1) is 0 Å². The van der Waals surface area contributed by atoms with Crippen LogP contribution in [0.3, 0.4) is 0 Å². The SMILES string of the molecule is COc1ccc(C(=O)N2CCc3ccccc3C2)c(O)c1. The summed E-state index contributed by atoms with van der Waals surface area (Å²) in [6.07, 6.45) is 0.846. The molecule has 108 valence electrons. The van der Waals surface area contributed by atoms with Gasteiger partial charge in [-0.3, -0.25) is 4.79 Å². The number of hydrogen-bond acceptors (Lipinski definition) is 3. The van der Waals surface area contributed by atoms with Gasteiger partial charge in [-0.25, -0.2) is 0 Å². The monoisotopic (exact) mass is 283 g/mol. The Balaban J connectivity index is 1.84. The van der Waals surface area contributed by atoms with E-state index in [4.69, 9.17) is 4.74 Å². The highest BCUT2D eigenvalue weighted by Gasteiger charge is 2.23. The van der Waals surface area contributed by atoms with Gasteiger partial charge in [-0.2, -0.15) is 0 Å². The Morgan fingerprint density at radius 1 is 1.19 bits per heavy atom. The molecule has 0 unspecified atom stereocenters. The summed E-state index contributed by atoms with van der Waals surface area (Å²) in [6, 6.07) is 12.9. The fraction of sp³-hybridized carbons (Fsp3) is 0.235. The van der Waals surface area contributed by atoms with E-state index in [1.165, 1.54) is 24.3 Å². The second-order valence-corrected chi connectivity index (χ2v) is 5.13. The number of methoxy groups -OCH3 is 1. The highest BCUT2D eigenvalue weighted by Crippen LogP contribution is 2.27. The number of rotatable bonds is 2. The van der Waals surface area contributed by atoms with Gasteiger partial charge in [0.15, 0.2) is 0 Å². The Labute approximate surface area is 123 Å². The Morgan fingerprint density at radius 3 is 2.67 bits per heavy atom. The standard InChI is InChI=1S/C17H17NO3/c1-21-14-6-7-15(16(19)10-14)17(20)18-9-8-12-4-2-3-5-13(12)11-18/h2-7,10,19H,8-9,11H2,1H3. The van der Waals surface area contributed by atoms with Gasteiger partial charge in [-0.15, -0.1) is 0 Å². The molecule has 4 nitrogen and oxygen atoms in total. The summed E-state index contributed by atoms with van der Waals surface area (Å²) < 4.78 is 5.04. The molecule has 1 aliphatic rings. The van der Waals surface area contributed by atoms with E-state index in [0.29, 0.717) is 24.4 Å². The van der Waals surface area contributed by atoms with Crippen molar-refractivity contribution in [1.82, 2.24) is 4.90 Å². The van der Waals surface area contributed by atoms with Crippen LogP contribution in [-0.4, -0.2) is 29.6 Å². The fourth-order valence-corrected chi connectivity index (χ4v) is 2.66. The van der Waals surface area contributed by atoms with Crippen molar-refractivity contribution in [3.63, 3.8) is 0 Å². The number of phenols is 1. The lowest BCUT2D eigenvalue weighted by molar-refractivity contribution is 0.0731. The number of hydrogen-bond donors (Lipinski definition) is 1. The highest BCUT2D eigenvalue weighted by atomic mass is 16.5. The van der Waals surface area contributed by atoms with Gasteiger partial charge in [0.1, 0.15) is 11.5 Å². The molecule has 0 radical (unpaired) electrons. The fourth-order valence-electron chi connectivity index (χ4n) is 2.66. The molecule has 1 heterocycles. The minimum Gasteiger partial charge on any atom is -0.507 e. The van der Waals surface area contributed by atoms with Gasteiger partial charge >= 0.3 is 0 Å². The van der Waals surface area contributed by atoms with Crippen LogP contribution in [0.1, 0.15) is 21.5 Å². The number of carbonyl (C=O) groups excluding carboxylic acids is 1. The number of phenolic OH excluding ortho intramolecular Hbond substituents is 1. The first-order valence-corrected chi connectivity index (χ1v) is 6.92. The van der Waals surface area contributed by atoms with Crippen LogP contribution in [-0.2, 0) is 13.0 Å². The minimum absolute atomic E-state index is 0.0433. The first-order valence-electron chi connectivity index (χ1n) is 6.92. The summed E-state index contributed by atoms with van der Waals surface area (Å²) >= 11 is 0. The van der Waals surface area contributed by atoms with E-state index >= 15 is 0 Å². The van der Waals surface area contributed by atoms with Crippen LogP contribution in [0.15, 0.2) is 42.5 Å². The average molecular weight is 283 g/mol. The summed E-state index contributed by atoms with van der Waals surface area (Å²) in [5.74, 6) is 0.343. The Bertz CT molecular complexity index is 681. The van der Waals surface area contributed by atoms with Gasteiger partial charge in [-0.1, -0.05) is 24.3 Å². The van der Waals surface area contributed by atoms with E-state index in [-0.39, 0.29) is 11.7 Å². The zero-order valence-electron chi connectivity index (χ0n) is 11.9. The molecule has 3 rings (SSSR count). The van der Waals surface area contributed by atoms with Gasteiger partial charge in [0.05, 0.1) is 12.7 Å². The van der Waals surface area contributed by atoms with Gasteiger partial charge in [0.25, 0.3) is 5.91 Å². The van der Waals surface area contributed by atoms with Crippen molar-refractivity contribution in [2.45, 2.75) is 13.0 Å². The molecule has 0 spiro atoms. The Kier molecular flexibility index (Phi) is 3.52. The Morgan fingerprint density at radius 2 is 1.95 bits per heavy atom. The van der Waals surface area contributed by atoms with E-state index in [2.05, 4.69) is 6.07 Å². The molecule has 2 aromatic carbocycles. The minimum atomic E-state index is -0.148. The molecular weight excluding hydrogens is 266 g/mol. The van der Waals surface area contributed by atoms with Crippen LogP contribution in [0.2, 0.25) is 0 Å². The summed E-state index contributed by atoms with van der Waals surface area (Å²) in [5, 5.41) is 9.99. The molecule has 0 saturated carbocycles. The molecular formula is C17H17NO3. The van der Waals surface area contributed by atoms with Crippen LogP contribution < -0.4 is 4.74 Å². The number of nitrogens with zero attached hydrogens (tertiary/aromatic N) is 1. The van der Waals surface area contributed by atoms with E-state index in [0.717, 1.165) is 6.42 Å². The lowest BCUT2D eigenvalue weighted by Crippen LogP contribution is -2.35. The van der Waals surface area contributed by atoms with Crippen LogP contribution >= 0.6 is 0 Å². The predicted octanol–water partition coefficient (Wildman–Crippen LogP) is 2.60. The lowest BCUT2D eigenvalue weighted by atomic mass is 9.99. The third-order valence-corrected chi connectivity index (χ3v) is 3.85. The number of ether oxygens (including phenoxy) is 1. The molecule has 0 aliphatic carbocycles. The largest absolute Gasteiger partial charge is 0.507 e. The molecule has 0 aromatic heterocycles. The zero-order valence-corrected chi connectivity index (χ0v) is 11.9. The van der Waals surface area contributed by atoms with Crippen molar-refractivity contribution in [1.29, 1.82) is 0 Å². The van der Waals surface area contributed by atoms with Crippen molar-refractivity contribution >= 4 is 5.91 Å². The Hall–Kier alpha value is -2.49. The van der Waals surface area contributed by atoms with E-state index < -0.39 is 0 Å². The highest BCUT2D eigenvalue weighted by molar-refractivity contribution is 5.97. The molecule has 0 fully saturated rings. The topological polar surface area (TPSA) is 49.8 Å². The smallest absolute Gasteiger partial charge is 0.257 e.